The third-order valence-electron chi connectivity index (χ3n) is 17.9. The fourth-order valence-electron chi connectivity index (χ4n) is 15.3. The molecule has 6 aliphatic rings. The summed E-state index contributed by atoms with van der Waals surface area (Å²) < 4.78 is 24.3. The number of amides is 1. The first-order valence-corrected chi connectivity index (χ1v) is 25.7. The highest BCUT2D eigenvalue weighted by atomic mass is 16.6. The normalized spacial score (nSPS) is 32.7. The highest BCUT2D eigenvalue weighted by molar-refractivity contribution is 5.96. The fourth-order valence-corrected chi connectivity index (χ4v) is 15.3. The molecule has 6 heterocycles. The van der Waals surface area contributed by atoms with Crippen LogP contribution in [0.3, 0.4) is 0 Å². The lowest BCUT2D eigenvalue weighted by atomic mass is 9.47. The molecule has 1 amide bonds. The van der Waals surface area contributed by atoms with Crippen LogP contribution in [0.5, 0.6) is 5.75 Å². The number of piperidine rings is 1. The minimum absolute atomic E-state index is 0.117. The van der Waals surface area contributed by atoms with Gasteiger partial charge in [0.25, 0.3) is 5.91 Å². The number of hydrogen-bond donors (Lipinski definition) is 3. The number of likely N-dealkylation sites (N-methyl/N-ethyl adjacent to an activating group) is 1. The van der Waals surface area contributed by atoms with Crippen LogP contribution >= 0.6 is 0 Å². The summed E-state index contributed by atoms with van der Waals surface area (Å²) >= 11 is 0. The van der Waals surface area contributed by atoms with Gasteiger partial charge in [-0.05, 0) is 104 Å². The SMILES string of the molecule is CC[C@]1(NC(=O)c2ccc(CC(C)C)cc2)C[C@H]2CN(CCc3c([nH]c4ccccc34)[C@@](C(=O)OC)(c3cc4c(cc3OC)N(C)[C@H]3[C@@](O)(C(=O)OC)[C@H](OC(C)=O)[C@]5(CC)C=CCN6CC[C@]43[C@@H]65)C2)C1. The van der Waals surface area contributed by atoms with E-state index in [4.69, 9.17) is 18.9 Å². The van der Waals surface area contributed by atoms with Gasteiger partial charge in [0.05, 0.1) is 32.9 Å². The van der Waals surface area contributed by atoms with Crippen LogP contribution in [0, 0.1) is 17.3 Å². The molecule has 1 aromatic heterocycles. The second kappa shape index (κ2) is 17.8. The zero-order chi connectivity index (χ0) is 50.4. The van der Waals surface area contributed by atoms with Crippen molar-refractivity contribution >= 4 is 40.4 Å². The quantitative estimate of drug-likeness (QED) is 0.0838. The van der Waals surface area contributed by atoms with Gasteiger partial charge in [0.2, 0.25) is 5.60 Å². The predicted molar refractivity (Wildman–Crippen MR) is 271 cm³/mol. The Morgan fingerprint density at radius 1 is 0.915 bits per heavy atom. The minimum Gasteiger partial charge on any atom is -0.496 e. The van der Waals surface area contributed by atoms with Crippen LogP contribution in [-0.2, 0) is 52.3 Å². The maximum atomic E-state index is 15.8. The number of anilines is 1. The minimum atomic E-state index is -2.33. The van der Waals surface area contributed by atoms with Crippen LogP contribution in [0.4, 0.5) is 5.69 Å². The number of H-pyrrole nitrogens is 1. The summed E-state index contributed by atoms with van der Waals surface area (Å²) in [6, 6.07) is 18.9. The van der Waals surface area contributed by atoms with Gasteiger partial charge in [0.1, 0.15) is 11.2 Å². The maximum Gasteiger partial charge on any atom is 0.344 e. The first-order chi connectivity index (χ1) is 34.0. The van der Waals surface area contributed by atoms with E-state index in [9.17, 15) is 19.5 Å². The Hall–Kier alpha value is -5.70. The van der Waals surface area contributed by atoms with Crippen LogP contribution < -0.4 is 15.0 Å². The molecule has 1 aliphatic carbocycles. The lowest BCUT2D eigenvalue weighted by Gasteiger charge is -2.63. The predicted octanol–water partition coefficient (Wildman–Crippen LogP) is 6.63. The lowest BCUT2D eigenvalue weighted by Crippen LogP contribution is -2.81. The summed E-state index contributed by atoms with van der Waals surface area (Å²) in [7, 11) is 6.19. The van der Waals surface area contributed by atoms with E-state index in [2.05, 4.69) is 77.3 Å². The topological polar surface area (TPSA) is 163 Å². The van der Waals surface area contributed by atoms with E-state index in [0.717, 1.165) is 39.8 Å². The van der Waals surface area contributed by atoms with Crippen molar-refractivity contribution in [2.45, 2.75) is 120 Å². The smallest absolute Gasteiger partial charge is 0.344 e. The van der Waals surface area contributed by atoms with Crippen molar-refractivity contribution in [2.24, 2.45) is 17.3 Å². The molecule has 2 bridgehead atoms. The Balaban J connectivity index is 1.18. The van der Waals surface area contributed by atoms with Crippen LogP contribution in [-0.4, -0.2) is 134 Å². The number of benzene rings is 3. The fraction of sp³-hybridized carbons (Fsp3) is 0.544. The van der Waals surface area contributed by atoms with Crippen molar-refractivity contribution in [3.05, 3.63) is 106 Å². The zero-order valence-corrected chi connectivity index (χ0v) is 42.9. The number of methoxy groups -OCH3 is 3. The van der Waals surface area contributed by atoms with E-state index in [1.54, 1.807) is 7.11 Å². The van der Waals surface area contributed by atoms with Crippen LogP contribution in [0.15, 0.2) is 72.8 Å². The average molecular weight is 970 g/mol. The number of para-hydroxylation sites is 1. The molecule has 3 fully saturated rings. The molecule has 1 saturated carbocycles. The molecule has 3 aromatic carbocycles. The summed E-state index contributed by atoms with van der Waals surface area (Å²) in [6.07, 6.45) is 6.99. The van der Waals surface area contributed by atoms with E-state index in [0.29, 0.717) is 94.0 Å². The largest absolute Gasteiger partial charge is 0.496 e. The Labute approximate surface area is 417 Å². The molecule has 4 aromatic rings. The van der Waals surface area contributed by atoms with Crippen molar-refractivity contribution in [1.29, 1.82) is 0 Å². The van der Waals surface area contributed by atoms with Gasteiger partial charge >= 0.3 is 17.9 Å². The van der Waals surface area contributed by atoms with Gasteiger partial charge in [0, 0.05) is 96.5 Å². The standard InChI is InChI=1S/C57H71N5O9/c1-10-53(59-47(64)38-19-17-36(18-20-38)27-34(3)4)30-37-31-56(51(65)69-8,46-40(21-25-61(32-37)33-53)39-15-12-13-16-43(39)58-46)42-28-41-44(29-45(42)68-7)60(6)49-55(41)23-26-62-24-14-22-54(11-2,48(55)62)50(71-35(5)63)57(49,67)52(66)70-9/h12-20,22,28-29,34,37,48-50,58,67H,10-11,21,23-27,30-33H2,1-9H3,(H,59,64)/t37-,48+,49-,50-,53+,54-,55-,56+,57+/m1/s1. The number of nitrogens with zero attached hydrogens (tertiary/aromatic N) is 3. The van der Waals surface area contributed by atoms with Gasteiger partial charge < -0.3 is 44.2 Å². The van der Waals surface area contributed by atoms with E-state index in [1.807, 2.05) is 55.3 Å². The second-order valence-corrected chi connectivity index (χ2v) is 22.0. The molecule has 14 heteroatoms. The van der Waals surface area contributed by atoms with E-state index >= 15 is 4.79 Å². The van der Waals surface area contributed by atoms with Crippen molar-refractivity contribution < 1.29 is 43.2 Å². The maximum absolute atomic E-state index is 15.8. The third kappa shape index (κ3) is 7.11. The van der Waals surface area contributed by atoms with Crippen molar-refractivity contribution in [2.75, 3.05) is 66.0 Å². The number of nitrogens with one attached hydrogen (secondary N) is 2. The average Bonchev–Trinajstić information content (AvgIpc) is 4.03. The first-order valence-electron chi connectivity index (χ1n) is 25.7. The highest BCUT2D eigenvalue weighted by Gasteiger charge is 2.80. The Kier molecular flexibility index (Phi) is 12.3. The van der Waals surface area contributed by atoms with Gasteiger partial charge in [-0.2, -0.15) is 0 Å². The molecule has 10 rings (SSSR count). The van der Waals surface area contributed by atoms with E-state index in [1.165, 1.54) is 26.7 Å². The molecule has 378 valence electrons. The summed E-state index contributed by atoms with van der Waals surface area (Å²) in [5.74, 6) is -1.23. The number of carbonyl (C=O) groups is 4. The van der Waals surface area contributed by atoms with Gasteiger partial charge in [0.15, 0.2) is 6.10 Å². The molecule has 0 radical (unpaired) electrons. The van der Waals surface area contributed by atoms with E-state index in [-0.39, 0.29) is 17.9 Å². The molecular weight excluding hydrogens is 899 g/mol. The van der Waals surface area contributed by atoms with Crippen molar-refractivity contribution in [3.63, 3.8) is 0 Å². The first kappa shape index (κ1) is 48.9. The second-order valence-electron chi connectivity index (χ2n) is 22.0. The number of hydrogen-bond acceptors (Lipinski definition) is 12. The van der Waals surface area contributed by atoms with Crippen LogP contribution in [0.1, 0.15) is 105 Å². The molecule has 3 N–H and O–H groups in total. The number of aromatic nitrogens is 1. The Morgan fingerprint density at radius 3 is 2.34 bits per heavy atom. The Bertz CT molecular complexity index is 2810. The number of carbonyl (C=O) groups excluding carboxylic acids is 4. The molecule has 1 spiro atoms. The zero-order valence-electron chi connectivity index (χ0n) is 42.9. The number of aliphatic hydroxyl groups is 1. The van der Waals surface area contributed by atoms with Gasteiger partial charge in [-0.25, -0.2) is 4.79 Å². The lowest BCUT2D eigenvalue weighted by molar-refractivity contribution is -0.228. The number of ether oxygens (including phenoxy) is 4. The van der Waals surface area contributed by atoms with Crippen LogP contribution in [0.25, 0.3) is 10.9 Å². The van der Waals surface area contributed by atoms with Gasteiger partial charge in [-0.15, -0.1) is 0 Å². The number of aromatic amines is 1. The van der Waals surface area contributed by atoms with Crippen LogP contribution in [0.2, 0.25) is 0 Å². The molecular formula is C57H71N5O9. The summed E-state index contributed by atoms with van der Waals surface area (Å²) in [6.45, 7) is 13.2. The van der Waals surface area contributed by atoms with E-state index < -0.39 is 57.4 Å². The van der Waals surface area contributed by atoms with Gasteiger partial charge in [-0.1, -0.05) is 70.2 Å². The Morgan fingerprint density at radius 2 is 1.66 bits per heavy atom. The number of esters is 3. The summed E-state index contributed by atoms with van der Waals surface area (Å²) in [5, 5.41) is 18.1. The highest BCUT2D eigenvalue weighted by Crippen LogP contribution is 2.68. The number of rotatable bonds is 11. The molecule has 1 unspecified atom stereocenters. The molecule has 14 nitrogen and oxygen atoms in total. The van der Waals surface area contributed by atoms with Gasteiger partial charge in [-0.3, -0.25) is 19.3 Å². The summed E-state index contributed by atoms with van der Waals surface area (Å²) in [4.78, 5) is 68.5. The van der Waals surface area contributed by atoms with Crippen molar-refractivity contribution in [1.82, 2.24) is 20.1 Å². The third-order valence-corrected chi connectivity index (χ3v) is 17.9. The molecule has 5 aliphatic heterocycles. The van der Waals surface area contributed by atoms with Crippen molar-refractivity contribution in [3.8, 4) is 5.75 Å². The molecule has 2 saturated heterocycles. The summed E-state index contributed by atoms with van der Waals surface area (Å²) in [5.41, 5.74) is 0.305. The molecule has 71 heavy (non-hydrogen) atoms. The monoisotopic (exact) mass is 970 g/mol. The number of fused-ring (bicyclic) bond motifs is 6. The molecule has 10 atom stereocenters.